The quantitative estimate of drug-likeness (QED) is 0.388. The standard InChI is InChI=1S/C19H28F3N7O2/c1-2-23-18(26-8-7-25-17-24-6-5-15(27-17)19(20,21)22)29-11-9-28(10-12-29)16(30)14-4-3-13-31-14/h5-6,14H,2-4,7-13H2,1H3,(H,23,26)(H,24,25,27). The summed E-state index contributed by atoms with van der Waals surface area (Å²) in [6.45, 7) is 6.39. The van der Waals surface area contributed by atoms with Crippen LogP contribution in [0.1, 0.15) is 25.5 Å². The van der Waals surface area contributed by atoms with Gasteiger partial charge in [0.15, 0.2) is 5.96 Å². The fourth-order valence-corrected chi connectivity index (χ4v) is 3.47. The summed E-state index contributed by atoms with van der Waals surface area (Å²) in [6.07, 6.45) is -2.04. The van der Waals surface area contributed by atoms with Crippen molar-refractivity contribution >= 4 is 17.8 Å². The molecule has 2 aliphatic rings. The lowest BCUT2D eigenvalue weighted by atomic mass is 10.2. The van der Waals surface area contributed by atoms with Gasteiger partial charge in [0.05, 0.1) is 6.54 Å². The lowest BCUT2D eigenvalue weighted by molar-refractivity contribution is -0.142. The molecule has 2 aliphatic heterocycles. The number of halogens is 3. The van der Waals surface area contributed by atoms with Crippen LogP contribution in [-0.4, -0.2) is 90.2 Å². The second-order valence-electron chi connectivity index (χ2n) is 7.24. The van der Waals surface area contributed by atoms with Crippen LogP contribution < -0.4 is 10.6 Å². The molecule has 0 aliphatic carbocycles. The molecule has 1 amide bonds. The van der Waals surface area contributed by atoms with Crippen molar-refractivity contribution in [2.75, 3.05) is 57.7 Å². The number of carbonyl (C=O) groups is 1. The summed E-state index contributed by atoms with van der Waals surface area (Å²) in [5.41, 5.74) is -0.989. The van der Waals surface area contributed by atoms with Gasteiger partial charge in [-0.15, -0.1) is 0 Å². The van der Waals surface area contributed by atoms with E-state index in [0.717, 1.165) is 25.1 Å². The van der Waals surface area contributed by atoms with E-state index in [1.165, 1.54) is 0 Å². The van der Waals surface area contributed by atoms with Gasteiger partial charge in [-0.2, -0.15) is 13.2 Å². The van der Waals surface area contributed by atoms with Gasteiger partial charge < -0.3 is 25.2 Å². The summed E-state index contributed by atoms with van der Waals surface area (Å²) in [4.78, 5) is 28.2. The van der Waals surface area contributed by atoms with E-state index in [0.29, 0.717) is 51.8 Å². The number of piperazine rings is 1. The molecule has 1 atom stereocenters. The van der Waals surface area contributed by atoms with Crippen molar-refractivity contribution in [2.24, 2.45) is 4.99 Å². The van der Waals surface area contributed by atoms with Crippen molar-refractivity contribution < 1.29 is 22.7 Å². The topological polar surface area (TPSA) is 95.0 Å². The zero-order valence-corrected chi connectivity index (χ0v) is 17.5. The minimum atomic E-state index is -4.51. The summed E-state index contributed by atoms with van der Waals surface area (Å²) < 4.78 is 43.7. The Bertz CT molecular complexity index is 761. The molecule has 0 aromatic carbocycles. The fraction of sp³-hybridized carbons (Fsp3) is 0.684. The van der Waals surface area contributed by atoms with Crippen molar-refractivity contribution in [2.45, 2.75) is 32.0 Å². The molecule has 0 bridgehead atoms. The van der Waals surface area contributed by atoms with E-state index in [1.54, 1.807) is 0 Å². The number of anilines is 1. The lowest BCUT2D eigenvalue weighted by Gasteiger charge is -2.37. The molecule has 0 radical (unpaired) electrons. The zero-order chi connectivity index (χ0) is 22.3. The van der Waals surface area contributed by atoms with Gasteiger partial charge in [0.25, 0.3) is 5.91 Å². The van der Waals surface area contributed by atoms with Crippen LogP contribution in [0.3, 0.4) is 0 Å². The molecule has 2 saturated heterocycles. The highest BCUT2D eigenvalue weighted by Gasteiger charge is 2.33. The highest BCUT2D eigenvalue weighted by Crippen LogP contribution is 2.27. The highest BCUT2D eigenvalue weighted by molar-refractivity contribution is 5.82. The number of rotatable bonds is 6. The minimum absolute atomic E-state index is 0.0596. The molecule has 0 saturated carbocycles. The maximum absolute atomic E-state index is 12.7. The molecule has 9 nitrogen and oxygen atoms in total. The van der Waals surface area contributed by atoms with Gasteiger partial charge in [0.1, 0.15) is 11.8 Å². The minimum Gasteiger partial charge on any atom is -0.368 e. The van der Waals surface area contributed by atoms with Crippen LogP contribution in [0, 0.1) is 0 Å². The maximum Gasteiger partial charge on any atom is 0.433 e. The number of nitrogens with one attached hydrogen (secondary N) is 2. The third kappa shape index (κ3) is 6.42. The average Bonchev–Trinajstić information content (AvgIpc) is 3.30. The Hall–Kier alpha value is -2.63. The van der Waals surface area contributed by atoms with E-state index >= 15 is 0 Å². The molecule has 12 heteroatoms. The second-order valence-corrected chi connectivity index (χ2v) is 7.24. The van der Waals surface area contributed by atoms with Crippen LogP contribution >= 0.6 is 0 Å². The van der Waals surface area contributed by atoms with E-state index in [-0.39, 0.29) is 24.5 Å². The molecule has 0 spiro atoms. The Morgan fingerprint density at radius 3 is 2.68 bits per heavy atom. The smallest absolute Gasteiger partial charge is 0.368 e. The highest BCUT2D eigenvalue weighted by atomic mass is 19.4. The van der Waals surface area contributed by atoms with Gasteiger partial charge in [0, 0.05) is 52.1 Å². The summed E-state index contributed by atoms with van der Waals surface area (Å²) >= 11 is 0. The number of carbonyl (C=O) groups excluding carboxylic acids is 1. The first kappa shape index (κ1) is 23.0. The Balaban J connectivity index is 1.48. The Morgan fingerprint density at radius 2 is 2.03 bits per heavy atom. The van der Waals surface area contributed by atoms with Crippen LogP contribution in [0.25, 0.3) is 0 Å². The van der Waals surface area contributed by atoms with Crippen LogP contribution in [0.2, 0.25) is 0 Å². The largest absolute Gasteiger partial charge is 0.433 e. The first-order valence-corrected chi connectivity index (χ1v) is 10.5. The normalized spacial score (nSPS) is 20.1. The van der Waals surface area contributed by atoms with Gasteiger partial charge in [-0.3, -0.25) is 9.79 Å². The number of aromatic nitrogens is 2. The molecular weight excluding hydrogens is 415 g/mol. The lowest BCUT2D eigenvalue weighted by Crippen LogP contribution is -2.55. The molecule has 31 heavy (non-hydrogen) atoms. The fourth-order valence-electron chi connectivity index (χ4n) is 3.47. The zero-order valence-electron chi connectivity index (χ0n) is 17.5. The van der Waals surface area contributed by atoms with Gasteiger partial charge in [0.2, 0.25) is 5.95 Å². The molecule has 172 valence electrons. The van der Waals surface area contributed by atoms with Gasteiger partial charge >= 0.3 is 6.18 Å². The molecule has 1 aromatic rings. The van der Waals surface area contributed by atoms with Crippen molar-refractivity contribution in [1.29, 1.82) is 0 Å². The van der Waals surface area contributed by atoms with Crippen molar-refractivity contribution in [1.82, 2.24) is 25.1 Å². The van der Waals surface area contributed by atoms with Crippen molar-refractivity contribution in [3.8, 4) is 0 Å². The number of alkyl halides is 3. The Labute approximate surface area is 179 Å². The van der Waals surface area contributed by atoms with Gasteiger partial charge in [-0.25, -0.2) is 9.97 Å². The van der Waals surface area contributed by atoms with E-state index in [9.17, 15) is 18.0 Å². The summed E-state index contributed by atoms with van der Waals surface area (Å²) in [7, 11) is 0. The molecule has 3 heterocycles. The van der Waals surface area contributed by atoms with Crippen molar-refractivity contribution in [3.05, 3.63) is 18.0 Å². The Morgan fingerprint density at radius 1 is 1.29 bits per heavy atom. The number of nitrogens with zero attached hydrogens (tertiary/aromatic N) is 5. The monoisotopic (exact) mass is 443 g/mol. The number of ether oxygens (including phenoxy) is 1. The third-order valence-corrected chi connectivity index (χ3v) is 5.03. The van der Waals surface area contributed by atoms with Crippen LogP contribution in [0.15, 0.2) is 17.3 Å². The average molecular weight is 443 g/mol. The van der Waals surface area contributed by atoms with E-state index in [1.807, 2.05) is 11.8 Å². The van der Waals surface area contributed by atoms with Crippen LogP contribution in [0.4, 0.5) is 19.1 Å². The first-order chi connectivity index (χ1) is 14.9. The van der Waals surface area contributed by atoms with Crippen LogP contribution in [0.5, 0.6) is 0 Å². The molecular formula is C19H28F3N7O2. The number of amides is 1. The Kier molecular flexibility index (Phi) is 7.88. The van der Waals surface area contributed by atoms with E-state index in [2.05, 4.69) is 30.5 Å². The number of guanidine groups is 1. The molecule has 2 N–H and O–H groups in total. The SMILES string of the molecule is CCNC(=NCCNc1nccc(C(F)(F)F)n1)N1CCN(C(=O)C2CCCO2)CC1. The van der Waals surface area contributed by atoms with E-state index < -0.39 is 11.9 Å². The van der Waals surface area contributed by atoms with Gasteiger partial charge in [-0.05, 0) is 25.8 Å². The predicted octanol–water partition coefficient (Wildman–Crippen LogP) is 1.20. The molecule has 3 rings (SSSR count). The van der Waals surface area contributed by atoms with E-state index in [4.69, 9.17) is 4.74 Å². The molecule has 1 aromatic heterocycles. The number of hydrogen-bond acceptors (Lipinski definition) is 6. The predicted molar refractivity (Wildman–Crippen MR) is 109 cm³/mol. The summed E-state index contributed by atoms with van der Waals surface area (Å²) in [5.74, 6) is 0.680. The second kappa shape index (κ2) is 10.6. The third-order valence-electron chi connectivity index (χ3n) is 5.03. The number of aliphatic imine (C=N–C) groups is 1. The summed E-state index contributed by atoms with van der Waals surface area (Å²) in [6, 6.07) is 0.829. The van der Waals surface area contributed by atoms with Crippen LogP contribution in [-0.2, 0) is 15.7 Å². The van der Waals surface area contributed by atoms with Gasteiger partial charge in [-0.1, -0.05) is 0 Å². The maximum atomic E-state index is 12.7. The first-order valence-electron chi connectivity index (χ1n) is 10.5. The number of hydrogen-bond donors (Lipinski definition) is 2. The van der Waals surface area contributed by atoms with Crippen molar-refractivity contribution in [3.63, 3.8) is 0 Å². The summed E-state index contributed by atoms with van der Waals surface area (Å²) in [5, 5.41) is 5.99. The molecule has 1 unspecified atom stereocenters. The molecule has 2 fully saturated rings.